The molecule has 1 atom stereocenters. The summed E-state index contributed by atoms with van der Waals surface area (Å²) >= 11 is 0. The number of benzene rings is 1. The smallest absolute Gasteiger partial charge is 0.243 e. The van der Waals surface area contributed by atoms with Gasteiger partial charge in [-0.15, -0.1) is 0 Å². The van der Waals surface area contributed by atoms with Crippen LogP contribution >= 0.6 is 0 Å². The summed E-state index contributed by atoms with van der Waals surface area (Å²) in [6, 6.07) is 5.29. The molecule has 21 heavy (non-hydrogen) atoms. The standard InChI is InChI=1S/C16H22N2O2S/c1-3-14-8-10-18(12-14)21(19,20)16-11-15(5-4-9-17)7-6-13(16)2/h6-7,11,14H,3,8-10,12,17H2,1-2H3. The third-order valence-corrected chi connectivity index (χ3v) is 5.97. The first-order chi connectivity index (χ1) is 9.98. The van der Waals surface area contributed by atoms with Gasteiger partial charge in [-0.2, -0.15) is 4.31 Å². The molecule has 0 saturated carbocycles. The van der Waals surface area contributed by atoms with Crippen LogP contribution in [0.5, 0.6) is 0 Å². The van der Waals surface area contributed by atoms with E-state index in [1.54, 1.807) is 16.4 Å². The van der Waals surface area contributed by atoms with Crippen molar-refractivity contribution in [2.24, 2.45) is 11.7 Å². The Balaban J connectivity index is 2.35. The van der Waals surface area contributed by atoms with E-state index < -0.39 is 10.0 Å². The van der Waals surface area contributed by atoms with E-state index >= 15 is 0 Å². The number of hydrogen-bond acceptors (Lipinski definition) is 3. The zero-order chi connectivity index (χ0) is 15.5. The average Bonchev–Trinajstić information content (AvgIpc) is 2.96. The quantitative estimate of drug-likeness (QED) is 0.865. The van der Waals surface area contributed by atoms with Gasteiger partial charge in [0.25, 0.3) is 0 Å². The second-order valence-corrected chi connectivity index (χ2v) is 7.32. The molecule has 5 heteroatoms. The highest BCUT2D eigenvalue weighted by molar-refractivity contribution is 7.89. The van der Waals surface area contributed by atoms with Gasteiger partial charge in [0.05, 0.1) is 11.4 Å². The molecule has 0 bridgehead atoms. The Hall–Kier alpha value is -1.35. The molecule has 0 amide bonds. The second kappa shape index (κ2) is 6.61. The van der Waals surface area contributed by atoms with Gasteiger partial charge in [-0.25, -0.2) is 8.42 Å². The van der Waals surface area contributed by atoms with Gasteiger partial charge in [0.1, 0.15) is 0 Å². The Morgan fingerprint density at radius 1 is 1.43 bits per heavy atom. The molecule has 0 spiro atoms. The average molecular weight is 306 g/mol. The molecular formula is C16H22N2O2S. The van der Waals surface area contributed by atoms with E-state index in [1.807, 2.05) is 13.0 Å². The van der Waals surface area contributed by atoms with Crippen molar-refractivity contribution < 1.29 is 8.42 Å². The lowest BCUT2D eigenvalue weighted by atomic mass is 10.1. The Labute approximate surface area is 127 Å². The molecular weight excluding hydrogens is 284 g/mol. The molecule has 4 nitrogen and oxygen atoms in total. The fourth-order valence-electron chi connectivity index (χ4n) is 2.60. The van der Waals surface area contributed by atoms with E-state index in [2.05, 4.69) is 18.8 Å². The van der Waals surface area contributed by atoms with E-state index in [-0.39, 0.29) is 6.54 Å². The van der Waals surface area contributed by atoms with Gasteiger partial charge in [-0.3, -0.25) is 0 Å². The van der Waals surface area contributed by atoms with Crippen LogP contribution in [-0.4, -0.2) is 32.4 Å². The number of aryl methyl sites for hydroxylation is 1. The van der Waals surface area contributed by atoms with Crippen LogP contribution in [0.1, 0.15) is 30.9 Å². The van der Waals surface area contributed by atoms with Crippen molar-refractivity contribution >= 4 is 10.0 Å². The summed E-state index contributed by atoms with van der Waals surface area (Å²) in [5.74, 6) is 6.13. The summed E-state index contributed by atoms with van der Waals surface area (Å²) in [7, 11) is -3.43. The normalized spacial score (nSPS) is 19.3. The lowest BCUT2D eigenvalue weighted by Crippen LogP contribution is -2.29. The Morgan fingerprint density at radius 2 is 2.19 bits per heavy atom. The molecule has 1 unspecified atom stereocenters. The van der Waals surface area contributed by atoms with Crippen molar-refractivity contribution in [1.82, 2.24) is 4.31 Å². The van der Waals surface area contributed by atoms with Crippen LogP contribution in [0, 0.1) is 24.7 Å². The molecule has 1 aliphatic rings. The highest BCUT2D eigenvalue weighted by atomic mass is 32.2. The van der Waals surface area contributed by atoms with Gasteiger partial charge in [-0.05, 0) is 37.0 Å². The summed E-state index contributed by atoms with van der Waals surface area (Å²) in [4.78, 5) is 0.364. The minimum atomic E-state index is -3.43. The number of nitrogens with two attached hydrogens (primary N) is 1. The summed E-state index contributed by atoms with van der Waals surface area (Å²) in [5.41, 5.74) is 6.81. The monoisotopic (exact) mass is 306 g/mol. The molecule has 1 fully saturated rings. The maximum Gasteiger partial charge on any atom is 0.243 e. The van der Waals surface area contributed by atoms with Crippen molar-refractivity contribution in [3.8, 4) is 11.8 Å². The first-order valence-electron chi connectivity index (χ1n) is 7.28. The molecule has 0 radical (unpaired) electrons. The SMILES string of the molecule is CCC1CCN(S(=O)(=O)c2cc(C#CCN)ccc2C)C1. The summed E-state index contributed by atoms with van der Waals surface area (Å²) < 4.78 is 27.2. The van der Waals surface area contributed by atoms with Crippen molar-refractivity contribution in [3.05, 3.63) is 29.3 Å². The molecule has 114 valence electrons. The van der Waals surface area contributed by atoms with E-state index in [1.165, 1.54) is 0 Å². The number of rotatable bonds is 3. The van der Waals surface area contributed by atoms with Crippen molar-refractivity contribution in [3.63, 3.8) is 0 Å². The lowest BCUT2D eigenvalue weighted by Gasteiger charge is -2.18. The minimum absolute atomic E-state index is 0.264. The van der Waals surface area contributed by atoms with Gasteiger partial charge in [0.2, 0.25) is 10.0 Å². The van der Waals surface area contributed by atoms with Gasteiger partial charge in [0.15, 0.2) is 0 Å². The summed E-state index contributed by atoms with van der Waals surface area (Å²) in [6.45, 7) is 5.42. The van der Waals surface area contributed by atoms with Crippen LogP contribution in [0.4, 0.5) is 0 Å². The number of nitrogens with zero attached hydrogens (tertiary/aromatic N) is 1. The topological polar surface area (TPSA) is 63.4 Å². The molecule has 2 rings (SSSR count). The Kier molecular flexibility index (Phi) is 5.04. The fraction of sp³-hybridized carbons (Fsp3) is 0.500. The minimum Gasteiger partial charge on any atom is -0.320 e. The maximum absolute atomic E-state index is 12.8. The molecule has 1 aromatic carbocycles. The Morgan fingerprint density at radius 3 is 2.81 bits per heavy atom. The van der Waals surface area contributed by atoms with Crippen LogP contribution < -0.4 is 5.73 Å². The third kappa shape index (κ3) is 3.46. The van der Waals surface area contributed by atoms with Crippen molar-refractivity contribution in [1.29, 1.82) is 0 Å². The van der Waals surface area contributed by atoms with Crippen LogP contribution in [0.25, 0.3) is 0 Å². The van der Waals surface area contributed by atoms with Crippen LogP contribution in [-0.2, 0) is 10.0 Å². The van der Waals surface area contributed by atoms with Crippen molar-refractivity contribution in [2.45, 2.75) is 31.6 Å². The fourth-order valence-corrected chi connectivity index (χ4v) is 4.38. The largest absolute Gasteiger partial charge is 0.320 e. The molecule has 2 N–H and O–H groups in total. The van der Waals surface area contributed by atoms with Crippen LogP contribution in [0.3, 0.4) is 0 Å². The highest BCUT2D eigenvalue weighted by Gasteiger charge is 2.32. The molecule has 1 aromatic rings. The zero-order valence-corrected chi connectivity index (χ0v) is 13.4. The van der Waals surface area contributed by atoms with Gasteiger partial charge in [0, 0.05) is 18.7 Å². The van der Waals surface area contributed by atoms with Gasteiger partial charge in [-0.1, -0.05) is 31.3 Å². The van der Waals surface area contributed by atoms with E-state index in [0.717, 1.165) is 18.4 Å². The predicted octanol–water partition coefficient (Wildman–Crippen LogP) is 1.73. The van der Waals surface area contributed by atoms with Crippen molar-refractivity contribution in [2.75, 3.05) is 19.6 Å². The molecule has 0 aromatic heterocycles. The molecule has 1 heterocycles. The van der Waals surface area contributed by atoms with E-state index in [9.17, 15) is 8.42 Å². The summed E-state index contributed by atoms with van der Waals surface area (Å²) in [6.07, 6.45) is 1.97. The molecule has 0 aliphatic carbocycles. The lowest BCUT2D eigenvalue weighted by molar-refractivity contribution is 0.452. The molecule has 1 saturated heterocycles. The van der Waals surface area contributed by atoms with Crippen LogP contribution in [0.2, 0.25) is 0 Å². The first kappa shape index (κ1) is 16.0. The van der Waals surface area contributed by atoms with E-state index in [4.69, 9.17) is 5.73 Å². The van der Waals surface area contributed by atoms with E-state index in [0.29, 0.717) is 29.5 Å². The second-order valence-electron chi connectivity index (χ2n) is 5.41. The first-order valence-corrected chi connectivity index (χ1v) is 8.72. The third-order valence-electron chi connectivity index (χ3n) is 3.97. The number of sulfonamides is 1. The highest BCUT2D eigenvalue weighted by Crippen LogP contribution is 2.28. The Bertz CT molecular complexity index is 671. The van der Waals surface area contributed by atoms with Gasteiger partial charge < -0.3 is 5.73 Å². The molecule has 1 aliphatic heterocycles. The summed E-state index contributed by atoms with van der Waals surface area (Å²) in [5, 5.41) is 0. The van der Waals surface area contributed by atoms with Crippen LogP contribution in [0.15, 0.2) is 23.1 Å². The zero-order valence-electron chi connectivity index (χ0n) is 12.6. The maximum atomic E-state index is 12.8. The predicted molar refractivity (Wildman–Crippen MR) is 84.3 cm³/mol. The van der Waals surface area contributed by atoms with Gasteiger partial charge >= 0.3 is 0 Å². The number of hydrogen-bond donors (Lipinski definition) is 1.